The fourth-order valence-corrected chi connectivity index (χ4v) is 4.96. The molecular weight excluding hydrogens is 407 g/mol. The highest BCUT2D eigenvalue weighted by molar-refractivity contribution is 5.83. The zero-order chi connectivity index (χ0) is 22.6. The molecule has 1 N–H and O–H groups in total. The molecule has 1 amide bonds. The first-order valence-corrected chi connectivity index (χ1v) is 11.5. The average Bonchev–Trinajstić information content (AvgIpc) is 3.23. The molecule has 0 spiro atoms. The van der Waals surface area contributed by atoms with Crippen LogP contribution < -0.4 is 10.1 Å². The molecule has 2 aliphatic rings. The first-order chi connectivity index (χ1) is 15.5. The second-order valence-corrected chi connectivity index (χ2v) is 9.24. The lowest BCUT2D eigenvalue weighted by molar-refractivity contribution is -0.136. The van der Waals surface area contributed by atoms with Gasteiger partial charge < -0.3 is 19.7 Å². The average molecular weight is 441 g/mol. The number of carbonyl (C=O) groups is 1. The topological polar surface area (TPSA) is 50.8 Å². The van der Waals surface area contributed by atoms with E-state index in [-0.39, 0.29) is 11.7 Å². The van der Waals surface area contributed by atoms with E-state index in [1.807, 2.05) is 24.3 Å². The Morgan fingerprint density at radius 2 is 1.97 bits per heavy atom. The van der Waals surface area contributed by atoms with Crippen LogP contribution in [0, 0.1) is 17.2 Å². The van der Waals surface area contributed by atoms with Crippen LogP contribution in [0.1, 0.15) is 24.8 Å². The number of likely N-dealkylation sites (tertiary alicyclic amines) is 1. The molecule has 0 aliphatic carbocycles. The van der Waals surface area contributed by atoms with Gasteiger partial charge in [0.25, 0.3) is 0 Å². The molecule has 172 valence electrons. The molecule has 6 heteroatoms. The quantitative estimate of drug-likeness (QED) is 0.709. The Morgan fingerprint density at radius 1 is 1.22 bits per heavy atom. The number of rotatable bonds is 7. The summed E-state index contributed by atoms with van der Waals surface area (Å²) < 4.78 is 24.8. The predicted octanol–water partition coefficient (Wildman–Crippen LogP) is 3.91. The van der Waals surface area contributed by atoms with Gasteiger partial charge in [0.2, 0.25) is 5.91 Å². The molecule has 5 nitrogen and oxygen atoms in total. The Balaban J connectivity index is 1.48. The van der Waals surface area contributed by atoms with Gasteiger partial charge in [-0.2, -0.15) is 0 Å². The van der Waals surface area contributed by atoms with Gasteiger partial charge in [0, 0.05) is 31.9 Å². The zero-order valence-electron chi connectivity index (χ0n) is 19.0. The number of methoxy groups -OCH3 is 1. The normalized spacial score (nSPS) is 20.8. The molecule has 0 bridgehead atoms. The molecule has 2 saturated heterocycles. The number of benzene rings is 2. The van der Waals surface area contributed by atoms with Crippen molar-refractivity contribution >= 4 is 5.91 Å². The van der Waals surface area contributed by atoms with Gasteiger partial charge in [-0.3, -0.25) is 4.79 Å². The summed E-state index contributed by atoms with van der Waals surface area (Å²) in [4.78, 5) is 15.6. The largest absolute Gasteiger partial charge is 0.496 e. The number of nitrogens with one attached hydrogen (secondary N) is 1. The maximum Gasteiger partial charge on any atom is 0.226 e. The second kappa shape index (κ2) is 10.0. The standard InChI is InChI=1S/C26H33FN2O3/c1-29-12-9-20(18-29)17-28-25(30)26(10-13-32-14-11-26)16-19-3-5-21(6-4-19)23-15-22(27)7-8-24(23)31-2/h3-8,15,20H,9-14,16-18H2,1-2H3,(H,28,30). The monoisotopic (exact) mass is 440 g/mol. The lowest BCUT2D eigenvalue weighted by atomic mass is 9.74. The van der Waals surface area contributed by atoms with Crippen LogP contribution in [0.5, 0.6) is 5.75 Å². The summed E-state index contributed by atoms with van der Waals surface area (Å²) in [6, 6.07) is 12.6. The fraction of sp³-hybridized carbons (Fsp3) is 0.500. The van der Waals surface area contributed by atoms with E-state index in [4.69, 9.17) is 9.47 Å². The van der Waals surface area contributed by atoms with Crippen molar-refractivity contribution in [1.82, 2.24) is 10.2 Å². The molecule has 0 saturated carbocycles. The molecule has 0 aromatic heterocycles. The number of hydrogen-bond acceptors (Lipinski definition) is 4. The Kier molecular flexibility index (Phi) is 7.11. The third-order valence-corrected chi connectivity index (χ3v) is 6.94. The molecule has 2 aliphatic heterocycles. The first kappa shape index (κ1) is 22.7. The van der Waals surface area contributed by atoms with Crippen molar-refractivity contribution in [3.63, 3.8) is 0 Å². The van der Waals surface area contributed by atoms with Crippen LogP contribution in [0.25, 0.3) is 11.1 Å². The van der Waals surface area contributed by atoms with E-state index in [9.17, 15) is 9.18 Å². The van der Waals surface area contributed by atoms with Crippen LogP contribution in [0.2, 0.25) is 0 Å². The molecule has 2 heterocycles. The van der Waals surface area contributed by atoms with Crippen molar-refractivity contribution in [1.29, 1.82) is 0 Å². The molecule has 4 rings (SSSR count). The summed E-state index contributed by atoms with van der Waals surface area (Å²) in [5.74, 6) is 1.01. The van der Waals surface area contributed by atoms with Gasteiger partial charge >= 0.3 is 0 Å². The van der Waals surface area contributed by atoms with Gasteiger partial charge in [-0.05, 0) is 74.5 Å². The van der Waals surface area contributed by atoms with Crippen LogP contribution in [0.3, 0.4) is 0 Å². The SMILES string of the molecule is COc1ccc(F)cc1-c1ccc(CC2(C(=O)NCC3CCN(C)C3)CCOCC2)cc1. The van der Waals surface area contributed by atoms with E-state index < -0.39 is 5.41 Å². The number of halogens is 1. The number of amides is 1. The van der Waals surface area contributed by atoms with E-state index in [0.29, 0.717) is 31.3 Å². The lowest BCUT2D eigenvalue weighted by Gasteiger charge is -2.36. The molecule has 2 fully saturated rings. The third kappa shape index (κ3) is 5.13. The van der Waals surface area contributed by atoms with Gasteiger partial charge in [-0.15, -0.1) is 0 Å². The minimum atomic E-state index is -0.444. The van der Waals surface area contributed by atoms with Crippen molar-refractivity contribution in [3.05, 3.63) is 53.8 Å². The number of nitrogens with zero attached hydrogens (tertiary/aromatic N) is 1. The van der Waals surface area contributed by atoms with Crippen molar-refractivity contribution in [2.24, 2.45) is 11.3 Å². The van der Waals surface area contributed by atoms with Crippen LogP contribution in [0.4, 0.5) is 4.39 Å². The zero-order valence-corrected chi connectivity index (χ0v) is 19.0. The van der Waals surface area contributed by atoms with Crippen LogP contribution in [0.15, 0.2) is 42.5 Å². The van der Waals surface area contributed by atoms with E-state index >= 15 is 0 Å². The van der Waals surface area contributed by atoms with E-state index in [1.165, 1.54) is 12.1 Å². The minimum Gasteiger partial charge on any atom is -0.496 e. The summed E-state index contributed by atoms with van der Waals surface area (Å²) in [6.45, 7) is 4.10. The number of carbonyl (C=O) groups excluding carboxylic acids is 1. The van der Waals surface area contributed by atoms with Gasteiger partial charge in [0.15, 0.2) is 0 Å². The maximum atomic E-state index is 13.8. The molecule has 0 radical (unpaired) electrons. The van der Waals surface area contributed by atoms with Crippen molar-refractivity contribution in [3.8, 4) is 16.9 Å². The smallest absolute Gasteiger partial charge is 0.226 e. The third-order valence-electron chi connectivity index (χ3n) is 6.94. The second-order valence-electron chi connectivity index (χ2n) is 9.24. The number of ether oxygens (including phenoxy) is 2. The molecular formula is C26H33FN2O3. The number of hydrogen-bond donors (Lipinski definition) is 1. The molecule has 2 aromatic carbocycles. The summed E-state index contributed by atoms with van der Waals surface area (Å²) in [5, 5.41) is 3.26. The van der Waals surface area contributed by atoms with Gasteiger partial charge in [0.1, 0.15) is 11.6 Å². The van der Waals surface area contributed by atoms with Gasteiger partial charge in [0.05, 0.1) is 12.5 Å². The Morgan fingerprint density at radius 3 is 2.62 bits per heavy atom. The molecule has 2 aromatic rings. The van der Waals surface area contributed by atoms with Crippen LogP contribution >= 0.6 is 0 Å². The summed E-state index contributed by atoms with van der Waals surface area (Å²) in [7, 11) is 3.72. The molecule has 1 unspecified atom stereocenters. The van der Waals surface area contributed by atoms with Crippen molar-refractivity contribution in [2.45, 2.75) is 25.7 Å². The highest BCUT2D eigenvalue weighted by atomic mass is 19.1. The van der Waals surface area contributed by atoms with E-state index in [0.717, 1.165) is 55.6 Å². The fourth-order valence-electron chi connectivity index (χ4n) is 4.96. The van der Waals surface area contributed by atoms with E-state index in [2.05, 4.69) is 17.3 Å². The summed E-state index contributed by atoms with van der Waals surface area (Å²) in [5.41, 5.74) is 2.27. The Hall–Kier alpha value is -2.44. The summed E-state index contributed by atoms with van der Waals surface area (Å²) >= 11 is 0. The maximum absolute atomic E-state index is 13.8. The van der Waals surface area contributed by atoms with Gasteiger partial charge in [-0.1, -0.05) is 24.3 Å². The Bertz CT molecular complexity index is 925. The van der Waals surface area contributed by atoms with E-state index in [1.54, 1.807) is 13.2 Å². The predicted molar refractivity (Wildman–Crippen MR) is 123 cm³/mol. The first-order valence-electron chi connectivity index (χ1n) is 11.5. The summed E-state index contributed by atoms with van der Waals surface area (Å²) in [6.07, 6.45) is 3.26. The van der Waals surface area contributed by atoms with Crippen molar-refractivity contribution < 1.29 is 18.7 Å². The lowest BCUT2D eigenvalue weighted by Crippen LogP contribution is -2.47. The minimum absolute atomic E-state index is 0.145. The van der Waals surface area contributed by atoms with Gasteiger partial charge in [-0.25, -0.2) is 4.39 Å². The molecule has 32 heavy (non-hydrogen) atoms. The highest BCUT2D eigenvalue weighted by Crippen LogP contribution is 2.36. The van der Waals surface area contributed by atoms with Crippen molar-refractivity contribution in [2.75, 3.05) is 47.0 Å². The molecule has 1 atom stereocenters. The van der Waals surface area contributed by atoms with Crippen LogP contribution in [-0.4, -0.2) is 57.8 Å². The Labute approximate surface area is 189 Å². The highest BCUT2D eigenvalue weighted by Gasteiger charge is 2.40. The van der Waals surface area contributed by atoms with Crippen LogP contribution in [-0.2, 0) is 16.0 Å².